The Hall–Kier alpha value is -0.720. The highest BCUT2D eigenvalue weighted by Gasteiger charge is 2.12. The molecular formula is C11H18O. The van der Waals surface area contributed by atoms with Gasteiger partial charge in [-0.2, -0.15) is 0 Å². The first-order valence-electron chi connectivity index (χ1n) is 4.79. The lowest BCUT2D eigenvalue weighted by Gasteiger charge is -2.04. The maximum atomic E-state index is 5.50. The van der Waals surface area contributed by atoms with Gasteiger partial charge in [0.25, 0.3) is 0 Å². The zero-order chi connectivity index (χ0) is 9.14. The smallest absolute Gasteiger partial charge is 0.106 e. The standard InChI is InChI=1S/C11H18O/c1-5-9-10(8(3)4)7-12-11(9)6-2/h7-8H,5-6H2,1-4H3. The number of aryl methyl sites for hydroxylation is 1. The topological polar surface area (TPSA) is 13.1 Å². The van der Waals surface area contributed by atoms with Crippen LogP contribution < -0.4 is 0 Å². The van der Waals surface area contributed by atoms with Crippen molar-refractivity contribution in [3.63, 3.8) is 0 Å². The fraction of sp³-hybridized carbons (Fsp3) is 0.636. The first-order chi connectivity index (χ1) is 5.70. The SMILES string of the molecule is CCc1occ(C(C)C)c1CC. The zero-order valence-corrected chi connectivity index (χ0v) is 8.48. The van der Waals surface area contributed by atoms with E-state index in [0.29, 0.717) is 5.92 Å². The summed E-state index contributed by atoms with van der Waals surface area (Å²) >= 11 is 0. The summed E-state index contributed by atoms with van der Waals surface area (Å²) in [4.78, 5) is 0. The molecule has 12 heavy (non-hydrogen) atoms. The van der Waals surface area contributed by atoms with Gasteiger partial charge in [-0.25, -0.2) is 0 Å². The maximum Gasteiger partial charge on any atom is 0.106 e. The molecule has 0 spiro atoms. The summed E-state index contributed by atoms with van der Waals surface area (Å²) in [6, 6.07) is 0. The minimum Gasteiger partial charge on any atom is -0.469 e. The second-order valence-corrected chi connectivity index (χ2v) is 3.45. The van der Waals surface area contributed by atoms with Crippen molar-refractivity contribution in [3.05, 3.63) is 23.2 Å². The van der Waals surface area contributed by atoms with Gasteiger partial charge in [0.15, 0.2) is 0 Å². The third-order valence-electron chi connectivity index (χ3n) is 2.31. The third kappa shape index (κ3) is 1.55. The summed E-state index contributed by atoms with van der Waals surface area (Å²) in [7, 11) is 0. The molecule has 68 valence electrons. The van der Waals surface area contributed by atoms with Gasteiger partial charge in [-0.3, -0.25) is 0 Å². The fourth-order valence-electron chi connectivity index (χ4n) is 1.62. The summed E-state index contributed by atoms with van der Waals surface area (Å²) in [5.74, 6) is 1.75. The van der Waals surface area contributed by atoms with Crippen LogP contribution in [0.2, 0.25) is 0 Å². The molecule has 0 N–H and O–H groups in total. The van der Waals surface area contributed by atoms with Crippen LogP contribution in [0.25, 0.3) is 0 Å². The molecule has 1 heterocycles. The second-order valence-electron chi connectivity index (χ2n) is 3.45. The van der Waals surface area contributed by atoms with Crippen molar-refractivity contribution in [2.24, 2.45) is 0 Å². The minimum atomic E-state index is 0.587. The Morgan fingerprint density at radius 1 is 1.25 bits per heavy atom. The Labute approximate surface area is 74.8 Å². The molecule has 1 rings (SSSR count). The van der Waals surface area contributed by atoms with E-state index in [2.05, 4.69) is 27.7 Å². The highest BCUT2D eigenvalue weighted by Crippen LogP contribution is 2.25. The van der Waals surface area contributed by atoms with Crippen molar-refractivity contribution in [3.8, 4) is 0 Å². The van der Waals surface area contributed by atoms with Crippen LogP contribution in [-0.4, -0.2) is 0 Å². The van der Waals surface area contributed by atoms with Crippen molar-refractivity contribution in [1.82, 2.24) is 0 Å². The molecule has 0 aliphatic heterocycles. The molecule has 0 unspecified atom stereocenters. The van der Waals surface area contributed by atoms with Gasteiger partial charge in [0, 0.05) is 6.42 Å². The molecule has 0 bridgehead atoms. The summed E-state index contributed by atoms with van der Waals surface area (Å²) in [6.07, 6.45) is 4.02. The minimum absolute atomic E-state index is 0.587. The Kier molecular flexibility index (Phi) is 2.96. The van der Waals surface area contributed by atoms with Gasteiger partial charge in [-0.05, 0) is 23.5 Å². The Balaban J connectivity index is 3.05. The third-order valence-corrected chi connectivity index (χ3v) is 2.31. The van der Waals surface area contributed by atoms with E-state index in [1.807, 2.05) is 6.26 Å². The molecule has 1 aromatic heterocycles. The molecule has 1 aromatic rings. The normalized spacial score (nSPS) is 11.1. The first-order valence-corrected chi connectivity index (χ1v) is 4.79. The Morgan fingerprint density at radius 3 is 2.33 bits per heavy atom. The van der Waals surface area contributed by atoms with Gasteiger partial charge in [-0.15, -0.1) is 0 Å². The highest BCUT2D eigenvalue weighted by molar-refractivity contribution is 5.30. The average molecular weight is 166 g/mol. The van der Waals surface area contributed by atoms with Crippen LogP contribution in [-0.2, 0) is 12.8 Å². The molecule has 1 heteroatoms. The van der Waals surface area contributed by atoms with Crippen LogP contribution in [0.1, 0.15) is 50.5 Å². The predicted octanol–water partition coefficient (Wildman–Crippen LogP) is 3.53. The molecular weight excluding hydrogens is 148 g/mol. The molecule has 0 fully saturated rings. The molecule has 0 aliphatic rings. The van der Waals surface area contributed by atoms with Crippen LogP contribution >= 0.6 is 0 Å². The molecule has 0 amide bonds. The fourth-order valence-corrected chi connectivity index (χ4v) is 1.62. The van der Waals surface area contributed by atoms with Crippen LogP contribution in [0.5, 0.6) is 0 Å². The summed E-state index contributed by atoms with van der Waals surface area (Å²) in [6.45, 7) is 8.75. The quantitative estimate of drug-likeness (QED) is 0.669. The van der Waals surface area contributed by atoms with Gasteiger partial charge >= 0.3 is 0 Å². The zero-order valence-electron chi connectivity index (χ0n) is 8.48. The lowest BCUT2D eigenvalue weighted by atomic mass is 9.98. The maximum absolute atomic E-state index is 5.50. The number of hydrogen-bond acceptors (Lipinski definition) is 1. The van der Waals surface area contributed by atoms with Gasteiger partial charge in [-0.1, -0.05) is 27.7 Å². The van der Waals surface area contributed by atoms with E-state index < -0.39 is 0 Å². The van der Waals surface area contributed by atoms with Crippen molar-refractivity contribution < 1.29 is 4.42 Å². The lowest BCUT2D eigenvalue weighted by Crippen LogP contribution is -1.92. The largest absolute Gasteiger partial charge is 0.469 e. The van der Waals surface area contributed by atoms with Crippen LogP contribution in [0.3, 0.4) is 0 Å². The van der Waals surface area contributed by atoms with Crippen LogP contribution in [0.15, 0.2) is 10.7 Å². The van der Waals surface area contributed by atoms with Gasteiger partial charge < -0.3 is 4.42 Å². The van der Waals surface area contributed by atoms with E-state index in [0.717, 1.165) is 12.8 Å². The second kappa shape index (κ2) is 3.79. The first kappa shape index (κ1) is 9.37. The van der Waals surface area contributed by atoms with Gasteiger partial charge in [0.1, 0.15) is 5.76 Å². The van der Waals surface area contributed by atoms with Gasteiger partial charge in [0.2, 0.25) is 0 Å². The molecule has 0 aromatic carbocycles. The summed E-state index contributed by atoms with van der Waals surface area (Å²) in [5.41, 5.74) is 2.81. The molecule has 0 aliphatic carbocycles. The average Bonchev–Trinajstić information content (AvgIpc) is 2.46. The number of furan rings is 1. The van der Waals surface area contributed by atoms with E-state index in [1.54, 1.807) is 0 Å². The van der Waals surface area contributed by atoms with Gasteiger partial charge in [0.05, 0.1) is 6.26 Å². The number of rotatable bonds is 3. The van der Waals surface area contributed by atoms with E-state index in [9.17, 15) is 0 Å². The monoisotopic (exact) mass is 166 g/mol. The Bertz CT molecular complexity index is 246. The van der Waals surface area contributed by atoms with E-state index in [4.69, 9.17) is 4.42 Å². The lowest BCUT2D eigenvalue weighted by molar-refractivity contribution is 0.509. The van der Waals surface area contributed by atoms with Crippen LogP contribution in [0.4, 0.5) is 0 Å². The van der Waals surface area contributed by atoms with Crippen molar-refractivity contribution in [1.29, 1.82) is 0 Å². The Morgan fingerprint density at radius 2 is 1.92 bits per heavy atom. The molecule has 1 nitrogen and oxygen atoms in total. The van der Waals surface area contributed by atoms with Crippen LogP contribution in [0, 0.1) is 0 Å². The van der Waals surface area contributed by atoms with Crippen molar-refractivity contribution >= 4 is 0 Å². The van der Waals surface area contributed by atoms with E-state index >= 15 is 0 Å². The summed E-state index contributed by atoms with van der Waals surface area (Å²) in [5, 5.41) is 0. The molecule has 0 saturated heterocycles. The van der Waals surface area contributed by atoms with E-state index in [-0.39, 0.29) is 0 Å². The number of hydrogen-bond donors (Lipinski definition) is 0. The predicted molar refractivity (Wildman–Crippen MR) is 51.6 cm³/mol. The molecule has 0 atom stereocenters. The van der Waals surface area contributed by atoms with E-state index in [1.165, 1.54) is 16.9 Å². The molecule has 0 radical (unpaired) electrons. The highest BCUT2D eigenvalue weighted by atomic mass is 16.3. The van der Waals surface area contributed by atoms with Crippen molar-refractivity contribution in [2.45, 2.75) is 46.5 Å². The molecule has 0 saturated carbocycles. The van der Waals surface area contributed by atoms with Crippen molar-refractivity contribution in [2.75, 3.05) is 0 Å². The summed E-state index contributed by atoms with van der Waals surface area (Å²) < 4.78 is 5.50.